The number of benzene rings is 2. The van der Waals surface area contributed by atoms with Gasteiger partial charge in [0.2, 0.25) is 11.8 Å². The van der Waals surface area contributed by atoms with E-state index in [1.165, 1.54) is 4.90 Å². The minimum atomic E-state index is -0.533. The molecule has 1 unspecified atom stereocenters. The van der Waals surface area contributed by atoms with Gasteiger partial charge in [0, 0.05) is 42.4 Å². The molecule has 4 rings (SSSR count). The molecule has 2 fully saturated rings. The lowest BCUT2D eigenvalue weighted by molar-refractivity contribution is -0.143. The molecule has 2 aromatic carbocycles. The zero-order valence-corrected chi connectivity index (χ0v) is 25.0. The van der Waals surface area contributed by atoms with E-state index in [1.54, 1.807) is 12.1 Å². The standard InChI is InChI=1S/C28H36Cl2N4O2S.ClH/c1-18(2)12-25(27(35)32-15-19-8-9-23(29)24(30)13-19)33-11-10-21(17-37-22-6-4-3-5-7-22)34-16-20(31)14-26(34)28(33)36;/h3-9,13,18,20-21,25-26H,10-12,14-17,31H2,1-2H3,(H,32,35);1H/t20-,21?,25-,26+;/m1./s1. The van der Waals surface area contributed by atoms with Gasteiger partial charge < -0.3 is 16.0 Å². The van der Waals surface area contributed by atoms with Crippen molar-refractivity contribution in [1.29, 1.82) is 0 Å². The second kappa shape index (κ2) is 14.2. The third-order valence-electron chi connectivity index (χ3n) is 7.12. The minimum absolute atomic E-state index is 0. The summed E-state index contributed by atoms with van der Waals surface area (Å²) in [6.07, 6.45) is 2.03. The Bertz CT molecular complexity index is 1090. The first kappa shape index (κ1) is 31.1. The van der Waals surface area contributed by atoms with Crippen LogP contribution in [-0.2, 0) is 16.1 Å². The fourth-order valence-corrected chi connectivity index (χ4v) is 6.69. The topological polar surface area (TPSA) is 78.7 Å². The number of hydrogen-bond donors (Lipinski definition) is 2. The van der Waals surface area contributed by atoms with Crippen molar-refractivity contribution >= 4 is 59.2 Å². The van der Waals surface area contributed by atoms with Crippen molar-refractivity contribution in [2.75, 3.05) is 18.8 Å². The molecule has 2 aliphatic rings. The van der Waals surface area contributed by atoms with E-state index in [1.807, 2.05) is 40.9 Å². The van der Waals surface area contributed by atoms with E-state index in [0.717, 1.165) is 17.7 Å². The lowest BCUT2D eigenvalue weighted by Crippen LogP contribution is -2.53. The van der Waals surface area contributed by atoms with Crippen LogP contribution in [0.15, 0.2) is 53.4 Å². The summed E-state index contributed by atoms with van der Waals surface area (Å²) in [6.45, 7) is 5.75. The van der Waals surface area contributed by atoms with E-state index in [4.69, 9.17) is 28.9 Å². The van der Waals surface area contributed by atoms with Crippen molar-refractivity contribution in [2.24, 2.45) is 11.7 Å². The first-order valence-electron chi connectivity index (χ1n) is 12.9. The average Bonchev–Trinajstić information content (AvgIpc) is 3.22. The average molecular weight is 600 g/mol. The molecule has 2 aromatic rings. The number of nitrogens with two attached hydrogens (primary N) is 1. The molecule has 0 radical (unpaired) electrons. The van der Waals surface area contributed by atoms with Crippen molar-refractivity contribution in [3.05, 3.63) is 64.1 Å². The quantitative estimate of drug-likeness (QED) is 0.386. The molecule has 0 spiro atoms. The van der Waals surface area contributed by atoms with E-state index in [9.17, 15) is 9.59 Å². The summed E-state index contributed by atoms with van der Waals surface area (Å²) in [5.41, 5.74) is 7.22. The van der Waals surface area contributed by atoms with Crippen molar-refractivity contribution in [3.63, 3.8) is 0 Å². The summed E-state index contributed by atoms with van der Waals surface area (Å²) < 4.78 is 0. The summed E-state index contributed by atoms with van der Waals surface area (Å²) in [5.74, 6) is 1.02. The Balaban J connectivity index is 0.00000400. The molecule has 10 heteroatoms. The molecule has 3 N–H and O–H groups in total. The molecule has 2 heterocycles. The van der Waals surface area contributed by atoms with Gasteiger partial charge >= 0.3 is 0 Å². The number of rotatable bonds is 9. The number of thioether (sulfide) groups is 1. The Morgan fingerprint density at radius 3 is 2.58 bits per heavy atom. The predicted molar refractivity (Wildman–Crippen MR) is 159 cm³/mol. The Labute approximate surface area is 246 Å². The Kier molecular flexibility index (Phi) is 11.6. The van der Waals surface area contributed by atoms with E-state index >= 15 is 0 Å². The van der Waals surface area contributed by atoms with Crippen LogP contribution in [0.5, 0.6) is 0 Å². The molecule has 2 amide bonds. The maximum absolute atomic E-state index is 13.9. The van der Waals surface area contributed by atoms with Gasteiger partial charge in [0.05, 0.1) is 16.1 Å². The molecule has 0 aliphatic carbocycles. The molecule has 208 valence electrons. The van der Waals surface area contributed by atoms with Gasteiger partial charge in [-0.05, 0) is 55.0 Å². The van der Waals surface area contributed by atoms with Gasteiger partial charge in [-0.15, -0.1) is 24.2 Å². The highest BCUT2D eigenvalue weighted by Gasteiger charge is 2.45. The lowest BCUT2D eigenvalue weighted by Gasteiger charge is -2.33. The highest BCUT2D eigenvalue weighted by Crippen LogP contribution is 2.31. The van der Waals surface area contributed by atoms with Crippen LogP contribution in [0.3, 0.4) is 0 Å². The largest absolute Gasteiger partial charge is 0.350 e. The number of hydrogen-bond acceptors (Lipinski definition) is 5. The fraction of sp³-hybridized carbons (Fsp3) is 0.500. The minimum Gasteiger partial charge on any atom is -0.350 e. The molecule has 0 bridgehead atoms. The van der Waals surface area contributed by atoms with Gasteiger partial charge in [-0.25, -0.2) is 0 Å². The number of nitrogens with zero attached hydrogens (tertiary/aromatic N) is 2. The van der Waals surface area contributed by atoms with Gasteiger partial charge in [0.15, 0.2) is 0 Å². The second-order valence-corrected chi connectivity index (χ2v) is 12.3. The normalized spacial score (nSPS) is 22.5. The van der Waals surface area contributed by atoms with Crippen molar-refractivity contribution in [1.82, 2.24) is 15.1 Å². The third-order valence-corrected chi connectivity index (χ3v) is 9.02. The van der Waals surface area contributed by atoms with Crippen molar-refractivity contribution in [2.45, 2.75) is 68.7 Å². The molecular weight excluding hydrogens is 563 g/mol. The van der Waals surface area contributed by atoms with E-state index < -0.39 is 6.04 Å². The number of halogens is 3. The van der Waals surface area contributed by atoms with Crippen LogP contribution in [-0.4, -0.2) is 64.6 Å². The van der Waals surface area contributed by atoms with Crippen LogP contribution < -0.4 is 11.1 Å². The number of fused-ring (bicyclic) bond motifs is 1. The summed E-state index contributed by atoms with van der Waals surface area (Å²) >= 11 is 14.0. The van der Waals surface area contributed by atoms with Gasteiger partial charge in [0.25, 0.3) is 0 Å². The van der Waals surface area contributed by atoms with Crippen LogP contribution in [0.1, 0.15) is 38.7 Å². The highest BCUT2D eigenvalue weighted by atomic mass is 35.5. The smallest absolute Gasteiger partial charge is 0.243 e. The maximum Gasteiger partial charge on any atom is 0.243 e. The molecule has 4 atom stereocenters. The molecule has 6 nitrogen and oxygen atoms in total. The van der Waals surface area contributed by atoms with Crippen LogP contribution in [0.2, 0.25) is 10.0 Å². The summed E-state index contributed by atoms with van der Waals surface area (Å²) in [6, 6.07) is 15.0. The van der Waals surface area contributed by atoms with Gasteiger partial charge in [-0.1, -0.05) is 61.3 Å². The van der Waals surface area contributed by atoms with E-state index in [-0.39, 0.29) is 48.3 Å². The molecule has 38 heavy (non-hydrogen) atoms. The summed E-state index contributed by atoms with van der Waals surface area (Å²) in [4.78, 5) is 32.7. The molecule has 0 saturated carbocycles. The second-order valence-electron chi connectivity index (χ2n) is 10.4. The first-order chi connectivity index (χ1) is 17.7. The van der Waals surface area contributed by atoms with Crippen LogP contribution in [0, 0.1) is 5.92 Å². The van der Waals surface area contributed by atoms with E-state index in [0.29, 0.717) is 42.5 Å². The highest BCUT2D eigenvalue weighted by molar-refractivity contribution is 7.99. The SMILES string of the molecule is CC(C)C[C@H](C(=O)NCc1ccc(Cl)c(Cl)c1)N1CCC(CSc2ccccc2)N2C[C@H](N)C[C@H]2C1=O.Cl. The monoisotopic (exact) mass is 598 g/mol. The maximum atomic E-state index is 13.9. The number of carbonyl (C=O) groups is 2. The Morgan fingerprint density at radius 1 is 1.16 bits per heavy atom. The predicted octanol–water partition coefficient (Wildman–Crippen LogP) is 5.24. The third kappa shape index (κ3) is 7.80. The first-order valence-corrected chi connectivity index (χ1v) is 14.7. The summed E-state index contributed by atoms with van der Waals surface area (Å²) in [7, 11) is 0. The van der Waals surface area contributed by atoms with Gasteiger partial charge in [-0.2, -0.15) is 0 Å². The number of carbonyl (C=O) groups excluding carboxylic acids is 2. The zero-order chi connectivity index (χ0) is 26.5. The molecule has 0 aromatic heterocycles. The number of nitrogens with one attached hydrogen (secondary N) is 1. The molecular formula is C28H37Cl3N4O2S. The van der Waals surface area contributed by atoms with Gasteiger partial charge in [0.1, 0.15) is 6.04 Å². The Hall–Kier alpha value is -1.48. The van der Waals surface area contributed by atoms with Crippen LogP contribution >= 0.6 is 47.4 Å². The van der Waals surface area contributed by atoms with E-state index in [2.05, 4.69) is 36.2 Å². The molecule has 2 saturated heterocycles. The fourth-order valence-electron chi connectivity index (χ4n) is 5.27. The van der Waals surface area contributed by atoms with Crippen LogP contribution in [0.25, 0.3) is 0 Å². The zero-order valence-electron chi connectivity index (χ0n) is 21.8. The Morgan fingerprint density at radius 2 is 1.89 bits per heavy atom. The van der Waals surface area contributed by atoms with Crippen molar-refractivity contribution in [3.8, 4) is 0 Å². The van der Waals surface area contributed by atoms with Crippen molar-refractivity contribution < 1.29 is 9.59 Å². The van der Waals surface area contributed by atoms with Crippen LogP contribution in [0.4, 0.5) is 0 Å². The number of amides is 2. The lowest BCUT2D eigenvalue weighted by atomic mass is 10.00. The molecule has 2 aliphatic heterocycles. The summed E-state index contributed by atoms with van der Waals surface area (Å²) in [5, 5.41) is 3.97. The van der Waals surface area contributed by atoms with Gasteiger partial charge in [-0.3, -0.25) is 14.5 Å².